The molecule has 0 aromatic rings. The van der Waals surface area contributed by atoms with E-state index in [4.69, 9.17) is 5.11 Å². The average Bonchev–Trinajstić information content (AvgIpc) is 1.85. The molecule has 0 aromatic heterocycles. The third kappa shape index (κ3) is 5.00. The zero-order valence-electron chi connectivity index (χ0n) is 5.00. The SMILES string of the molecule is CCOC(O)=C[15N]=C=S. The number of aliphatic hydroxyl groups excluding tert-OH is 1. The Morgan fingerprint density at radius 2 is 2.67 bits per heavy atom. The Bertz CT molecular complexity index is 149. The van der Waals surface area contributed by atoms with Gasteiger partial charge < -0.3 is 9.84 Å². The molecule has 4 heteroatoms. The number of rotatable bonds is 3. The summed E-state index contributed by atoms with van der Waals surface area (Å²) in [6.45, 7) is 2.17. The van der Waals surface area contributed by atoms with Crippen molar-refractivity contribution >= 4 is 17.4 Å². The molecule has 0 saturated heterocycles. The molecule has 0 aromatic carbocycles. The fourth-order valence-electron chi connectivity index (χ4n) is 0.267. The molecular formula is C5H7NO2S. The standard InChI is InChI=1S/C5H7NO2S/c1-2-8-5(7)3-6-4-9/h3,7H,2H2,1H3/i6+1. The largest absolute Gasteiger partial charge is 0.480 e. The molecule has 50 valence electrons. The first-order chi connectivity index (χ1) is 4.31. The maximum absolute atomic E-state index is 8.64. The van der Waals surface area contributed by atoms with E-state index >= 15 is 0 Å². The normalized spacial score (nSPS) is 10.1. The van der Waals surface area contributed by atoms with Crippen molar-refractivity contribution in [1.82, 2.24) is 0 Å². The summed E-state index contributed by atoms with van der Waals surface area (Å²) < 4.78 is 4.58. The number of hydrogen-bond donors (Lipinski definition) is 1. The molecule has 9 heavy (non-hydrogen) atoms. The lowest BCUT2D eigenvalue weighted by molar-refractivity contribution is 0.101. The van der Waals surface area contributed by atoms with Gasteiger partial charge >= 0.3 is 0 Å². The third-order valence-electron chi connectivity index (χ3n) is 0.520. The molecule has 0 atom stereocenters. The van der Waals surface area contributed by atoms with Crippen LogP contribution in [0.1, 0.15) is 6.92 Å². The minimum absolute atomic E-state index is 0.241. The highest BCUT2D eigenvalue weighted by Crippen LogP contribution is 1.89. The van der Waals surface area contributed by atoms with Crippen LogP contribution in [0.2, 0.25) is 0 Å². The maximum atomic E-state index is 8.64. The Kier molecular flexibility index (Phi) is 4.78. The van der Waals surface area contributed by atoms with Gasteiger partial charge in [0.15, 0.2) is 0 Å². The molecule has 0 amide bonds. The van der Waals surface area contributed by atoms with Crippen LogP contribution in [0, 0.1) is 0 Å². The van der Waals surface area contributed by atoms with Gasteiger partial charge in [0.25, 0.3) is 5.95 Å². The second-order valence-electron chi connectivity index (χ2n) is 1.12. The Balaban J connectivity index is 3.68. The van der Waals surface area contributed by atoms with E-state index in [9.17, 15) is 0 Å². The molecule has 3 nitrogen and oxygen atoms in total. The van der Waals surface area contributed by atoms with Crippen LogP contribution in [0.15, 0.2) is 17.1 Å². The summed E-state index contributed by atoms with van der Waals surface area (Å²) in [5.74, 6) is -0.241. The summed E-state index contributed by atoms with van der Waals surface area (Å²) >= 11 is 4.23. The zero-order chi connectivity index (χ0) is 7.11. The summed E-state index contributed by atoms with van der Waals surface area (Å²) in [6.07, 6.45) is 1.09. The lowest BCUT2D eigenvalue weighted by Gasteiger charge is -1.95. The number of thiocarbonyl (C=S) groups is 1. The Morgan fingerprint density at radius 1 is 2.00 bits per heavy atom. The monoisotopic (exact) mass is 146 g/mol. The number of isothiocyanates is 1. The van der Waals surface area contributed by atoms with Gasteiger partial charge in [-0.05, 0) is 19.1 Å². The summed E-state index contributed by atoms with van der Waals surface area (Å²) in [5.41, 5.74) is 0. The second-order valence-corrected chi connectivity index (χ2v) is 1.30. The summed E-state index contributed by atoms with van der Waals surface area (Å²) in [5, 5.41) is 10.7. The molecule has 0 radical (unpaired) electrons. The highest BCUT2D eigenvalue weighted by Gasteiger charge is 1.84. The first-order valence-corrected chi connectivity index (χ1v) is 2.81. The highest BCUT2D eigenvalue weighted by atomic mass is 32.1. The van der Waals surface area contributed by atoms with Crippen molar-refractivity contribution < 1.29 is 9.84 Å². The molecule has 0 unspecified atom stereocenters. The maximum Gasteiger partial charge on any atom is 0.296 e. The predicted octanol–water partition coefficient (Wildman–Crippen LogP) is 1.48. The van der Waals surface area contributed by atoms with Crippen molar-refractivity contribution in [3.8, 4) is 0 Å². The van der Waals surface area contributed by atoms with Gasteiger partial charge in [0.2, 0.25) is 0 Å². The third-order valence-corrected chi connectivity index (χ3v) is 0.625. The van der Waals surface area contributed by atoms with Crippen LogP contribution >= 0.6 is 12.2 Å². The highest BCUT2D eigenvalue weighted by molar-refractivity contribution is 7.78. The Hall–Kier alpha value is -0.860. The lowest BCUT2D eigenvalue weighted by Crippen LogP contribution is -1.87. The smallest absolute Gasteiger partial charge is 0.296 e. The van der Waals surface area contributed by atoms with Gasteiger partial charge in [0, 0.05) is 0 Å². The van der Waals surface area contributed by atoms with Gasteiger partial charge in [-0.2, -0.15) is 4.99 Å². The van der Waals surface area contributed by atoms with E-state index < -0.39 is 0 Å². The summed E-state index contributed by atoms with van der Waals surface area (Å²) in [7, 11) is 0. The molecule has 0 fully saturated rings. The average molecular weight is 146 g/mol. The fourth-order valence-corrected chi connectivity index (χ4v) is 0.319. The van der Waals surface area contributed by atoms with Crippen molar-refractivity contribution in [3.63, 3.8) is 0 Å². The van der Waals surface area contributed by atoms with Crippen molar-refractivity contribution in [3.05, 3.63) is 12.1 Å². The molecule has 0 aliphatic heterocycles. The molecular weight excluding hydrogens is 139 g/mol. The van der Waals surface area contributed by atoms with Gasteiger partial charge in [-0.25, -0.2) is 0 Å². The van der Waals surface area contributed by atoms with Crippen molar-refractivity contribution in [2.24, 2.45) is 4.99 Å². The molecule has 0 heterocycles. The van der Waals surface area contributed by atoms with Gasteiger partial charge in [-0.3, -0.25) is 0 Å². The van der Waals surface area contributed by atoms with Crippen molar-refractivity contribution in [2.75, 3.05) is 6.61 Å². The van der Waals surface area contributed by atoms with E-state index in [1.165, 1.54) is 0 Å². The Morgan fingerprint density at radius 3 is 3.11 bits per heavy atom. The van der Waals surface area contributed by atoms with Crippen molar-refractivity contribution in [1.29, 1.82) is 0 Å². The first-order valence-electron chi connectivity index (χ1n) is 2.40. The molecule has 0 saturated carbocycles. The van der Waals surface area contributed by atoms with E-state index in [0.717, 1.165) is 6.20 Å². The van der Waals surface area contributed by atoms with E-state index in [0.29, 0.717) is 6.61 Å². The minimum Gasteiger partial charge on any atom is -0.480 e. The van der Waals surface area contributed by atoms with Gasteiger partial charge in [0.05, 0.1) is 11.8 Å². The molecule has 0 aliphatic carbocycles. The van der Waals surface area contributed by atoms with Crippen LogP contribution in [0.4, 0.5) is 0 Å². The topological polar surface area (TPSA) is 41.8 Å². The van der Waals surface area contributed by atoms with Crippen LogP contribution in [0.25, 0.3) is 0 Å². The van der Waals surface area contributed by atoms with Crippen LogP contribution in [0.5, 0.6) is 0 Å². The summed E-state index contributed by atoms with van der Waals surface area (Å²) in [4.78, 5) is 3.32. The predicted molar refractivity (Wildman–Crippen MR) is 37.4 cm³/mol. The second kappa shape index (κ2) is 5.28. The van der Waals surface area contributed by atoms with Crippen LogP contribution in [-0.4, -0.2) is 16.9 Å². The summed E-state index contributed by atoms with van der Waals surface area (Å²) in [6, 6.07) is 0. The van der Waals surface area contributed by atoms with Crippen LogP contribution in [-0.2, 0) is 4.74 Å². The molecule has 0 aliphatic rings. The molecule has 0 rings (SSSR count). The van der Waals surface area contributed by atoms with E-state index in [1.54, 1.807) is 6.92 Å². The lowest BCUT2D eigenvalue weighted by atomic mass is 10.8. The number of ether oxygens (including phenoxy) is 1. The van der Waals surface area contributed by atoms with E-state index in [1.807, 2.05) is 5.16 Å². The zero-order valence-corrected chi connectivity index (χ0v) is 5.81. The van der Waals surface area contributed by atoms with Crippen LogP contribution in [0.3, 0.4) is 0 Å². The number of aliphatic hydroxyl groups is 1. The quantitative estimate of drug-likeness (QED) is 0.284. The Labute approximate surface area is 58.7 Å². The van der Waals surface area contributed by atoms with E-state index in [-0.39, 0.29) is 5.95 Å². The van der Waals surface area contributed by atoms with Gasteiger partial charge in [-0.15, -0.1) is 0 Å². The first kappa shape index (κ1) is 8.14. The fraction of sp³-hybridized carbons (Fsp3) is 0.400. The minimum atomic E-state index is -0.241. The van der Waals surface area contributed by atoms with Gasteiger partial charge in [-0.1, -0.05) is 0 Å². The number of nitrogens with zero attached hydrogens (tertiary/aromatic N) is 1. The number of aliphatic imine (C=N–C) groups is 1. The molecule has 0 spiro atoms. The molecule has 0 bridgehead atoms. The van der Waals surface area contributed by atoms with E-state index in [2.05, 4.69) is 21.9 Å². The number of hydrogen-bond acceptors (Lipinski definition) is 4. The van der Waals surface area contributed by atoms with Crippen LogP contribution < -0.4 is 0 Å². The van der Waals surface area contributed by atoms with Gasteiger partial charge in [0.1, 0.15) is 6.20 Å². The van der Waals surface area contributed by atoms with Crippen molar-refractivity contribution in [2.45, 2.75) is 6.92 Å². The molecule has 1 N–H and O–H groups in total.